The molecule has 6 nitrogen and oxygen atoms in total. The van der Waals surface area contributed by atoms with Gasteiger partial charge in [-0.3, -0.25) is 4.90 Å². The number of hydrogen-bond donors (Lipinski definition) is 1. The van der Waals surface area contributed by atoms with Gasteiger partial charge in [0.15, 0.2) is 0 Å². The van der Waals surface area contributed by atoms with Crippen LogP contribution in [0.15, 0.2) is 6.07 Å². The fourth-order valence-electron chi connectivity index (χ4n) is 2.79. The van der Waals surface area contributed by atoms with E-state index in [-0.39, 0.29) is 0 Å². The van der Waals surface area contributed by atoms with Crippen LogP contribution >= 0.6 is 0 Å². The van der Waals surface area contributed by atoms with Crippen molar-refractivity contribution in [2.75, 3.05) is 62.7 Å². The first-order valence-electron chi connectivity index (χ1n) is 8.40. The summed E-state index contributed by atoms with van der Waals surface area (Å²) in [6, 6.07) is 4.28. The van der Waals surface area contributed by atoms with Crippen LogP contribution in [0.1, 0.15) is 25.0 Å². The zero-order valence-corrected chi connectivity index (χ0v) is 14.4. The molecule has 2 heterocycles. The third-order valence-corrected chi connectivity index (χ3v) is 4.23. The van der Waals surface area contributed by atoms with Crippen molar-refractivity contribution in [1.82, 2.24) is 9.88 Å². The number of rotatable bonds is 7. The van der Waals surface area contributed by atoms with Gasteiger partial charge in [-0.1, -0.05) is 0 Å². The van der Waals surface area contributed by atoms with Gasteiger partial charge in [0.25, 0.3) is 0 Å². The second-order valence-corrected chi connectivity index (χ2v) is 5.69. The Hall–Kier alpha value is -1.84. The zero-order valence-electron chi connectivity index (χ0n) is 14.4. The third kappa shape index (κ3) is 4.57. The van der Waals surface area contributed by atoms with E-state index < -0.39 is 0 Å². The van der Waals surface area contributed by atoms with Gasteiger partial charge < -0.3 is 15.0 Å². The average molecular weight is 317 g/mol. The van der Waals surface area contributed by atoms with E-state index >= 15 is 0 Å². The van der Waals surface area contributed by atoms with Crippen LogP contribution in [0.2, 0.25) is 0 Å². The standard InChI is InChI=1S/C17H27N5O/c1-4-22(5-2)16-12-14(3)15(13-18)17(20-16)19-6-7-21-8-10-23-11-9-21/h12H,4-11H2,1-3H3,(H,19,20). The Balaban J connectivity index is 2.07. The van der Waals surface area contributed by atoms with E-state index in [9.17, 15) is 5.26 Å². The Kier molecular flexibility index (Phi) is 6.63. The van der Waals surface area contributed by atoms with E-state index in [0.717, 1.165) is 63.9 Å². The monoisotopic (exact) mass is 317 g/mol. The number of nitrogens with zero attached hydrogens (tertiary/aromatic N) is 4. The second kappa shape index (κ2) is 8.70. The summed E-state index contributed by atoms with van der Waals surface area (Å²) in [6.45, 7) is 13.3. The van der Waals surface area contributed by atoms with Crippen molar-refractivity contribution in [3.63, 3.8) is 0 Å². The molecule has 0 spiro atoms. The molecule has 0 bridgehead atoms. The Morgan fingerprint density at radius 1 is 1.35 bits per heavy atom. The molecule has 126 valence electrons. The van der Waals surface area contributed by atoms with Crippen LogP contribution in [0.5, 0.6) is 0 Å². The normalized spacial score (nSPS) is 15.2. The lowest BCUT2D eigenvalue weighted by Crippen LogP contribution is -2.39. The summed E-state index contributed by atoms with van der Waals surface area (Å²) >= 11 is 0. The van der Waals surface area contributed by atoms with Crippen molar-refractivity contribution in [2.45, 2.75) is 20.8 Å². The molecule has 1 saturated heterocycles. The van der Waals surface area contributed by atoms with Crippen LogP contribution < -0.4 is 10.2 Å². The minimum absolute atomic E-state index is 0.642. The van der Waals surface area contributed by atoms with Crippen molar-refractivity contribution in [2.24, 2.45) is 0 Å². The number of morpholine rings is 1. The summed E-state index contributed by atoms with van der Waals surface area (Å²) in [5, 5.41) is 12.8. The van der Waals surface area contributed by atoms with Crippen LogP contribution in [-0.2, 0) is 4.74 Å². The van der Waals surface area contributed by atoms with Gasteiger partial charge in [-0.15, -0.1) is 0 Å². The predicted molar refractivity (Wildman–Crippen MR) is 93.0 cm³/mol. The first-order valence-corrected chi connectivity index (χ1v) is 8.40. The first kappa shape index (κ1) is 17.5. The highest BCUT2D eigenvalue weighted by atomic mass is 16.5. The third-order valence-electron chi connectivity index (χ3n) is 4.23. The van der Waals surface area contributed by atoms with Crippen LogP contribution in [0, 0.1) is 18.3 Å². The minimum atomic E-state index is 0.642. The van der Waals surface area contributed by atoms with Crippen LogP contribution in [-0.4, -0.2) is 62.4 Å². The van der Waals surface area contributed by atoms with Crippen LogP contribution in [0.4, 0.5) is 11.6 Å². The molecule has 1 N–H and O–H groups in total. The Bertz CT molecular complexity index is 545. The molecule has 1 aromatic heterocycles. The van der Waals surface area contributed by atoms with Crippen molar-refractivity contribution < 1.29 is 4.74 Å². The van der Waals surface area contributed by atoms with Gasteiger partial charge in [0, 0.05) is 39.3 Å². The molecule has 0 amide bonds. The molecule has 0 unspecified atom stereocenters. The van der Waals surface area contributed by atoms with Gasteiger partial charge in [-0.05, 0) is 32.4 Å². The molecule has 1 fully saturated rings. The zero-order chi connectivity index (χ0) is 16.7. The summed E-state index contributed by atoms with van der Waals surface area (Å²) in [5.41, 5.74) is 1.61. The lowest BCUT2D eigenvalue weighted by Gasteiger charge is -2.27. The maximum atomic E-state index is 9.42. The molecule has 1 aliphatic heterocycles. The molecule has 1 aliphatic rings. The number of nitriles is 1. The molecule has 0 saturated carbocycles. The lowest BCUT2D eigenvalue weighted by molar-refractivity contribution is 0.0398. The molecular formula is C17H27N5O. The number of ether oxygens (including phenoxy) is 1. The molecule has 0 aromatic carbocycles. The highest BCUT2D eigenvalue weighted by Crippen LogP contribution is 2.22. The topological polar surface area (TPSA) is 64.4 Å². The van der Waals surface area contributed by atoms with E-state index in [1.165, 1.54) is 0 Å². The first-order chi connectivity index (χ1) is 11.2. The molecule has 0 radical (unpaired) electrons. The van der Waals surface area contributed by atoms with Crippen LogP contribution in [0.3, 0.4) is 0 Å². The maximum Gasteiger partial charge on any atom is 0.146 e. The fraction of sp³-hybridized carbons (Fsp3) is 0.647. The second-order valence-electron chi connectivity index (χ2n) is 5.69. The molecule has 1 aromatic rings. The molecular weight excluding hydrogens is 290 g/mol. The summed E-state index contributed by atoms with van der Waals surface area (Å²) in [6.07, 6.45) is 0. The SMILES string of the molecule is CCN(CC)c1cc(C)c(C#N)c(NCCN2CCOCC2)n1. The largest absolute Gasteiger partial charge is 0.379 e. The number of aryl methyl sites for hydroxylation is 1. The number of aromatic nitrogens is 1. The fourth-order valence-corrected chi connectivity index (χ4v) is 2.79. The number of hydrogen-bond acceptors (Lipinski definition) is 6. The molecule has 0 aliphatic carbocycles. The number of pyridine rings is 1. The minimum Gasteiger partial charge on any atom is -0.379 e. The quantitative estimate of drug-likeness (QED) is 0.828. The van der Waals surface area contributed by atoms with Gasteiger partial charge in [-0.25, -0.2) is 4.98 Å². The van der Waals surface area contributed by atoms with E-state index in [1.807, 2.05) is 13.0 Å². The van der Waals surface area contributed by atoms with Crippen molar-refractivity contribution in [3.05, 3.63) is 17.2 Å². The lowest BCUT2D eigenvalue weighted by atomic mass is 10.1. The van der Waals surface area contributed by atoms with Crippen LogP contribution in [0.25, 0.3) is 0 Å². The summed E-state index contributed by atoms with van der Waals surface area (Å²) < 4.78 is 5.36. The highest BCUT2D eigenvalue weighted by Gasteiger charge is 2.14. The van der Waals surface area contributed by atoms with E-state index in [2.05, 4.69) is 40.0 Å². The molecule has 6 heteroatoms. The average Bonchev–Trinajstić information content (AvgIpc) is 2.57. The summed E-state index contributed by atoms with van der Waals surface area (Å²) in [4.78, 5) is 9.24. The van der Waals surface area contributed by atoms with Gasteiger partial charge in [-0.2, -0.15) is 5.26 Å². The molecule has 0 atom stereocenters. The Labute approximate surface area is 139 Å². The van der Waals surface area contributed by atoms with Gasteiger partial charge in [0.2, 0.25) is 0 Å². The Morgan fingerprint density at radius 3 is 2.65 bits per heavy atom. The smallest absolute Gasteiger partial charge is 0.146 e. The van der Waals surface area contributed by atoms with Gasteiger partial charge in [0.1, 0.15) is 17.7 Å². The van der Waals surface area contributed by atoms with Gasteiger partial charge >= 0.3 is 0 Å². The Morgan fingerprint density at radius 2 is 2.04 bits per heavy atom. The van der Waals surface area contributed by atoms with E-state index in [0.29, 0.717) is 11.4 Å². The van der Waals surface area contributed by atoms with Gasteiger partial charge in [0.05, 0.1) is 18.8 Å². The van der Waals surface area contributed by atoms with Crippen molar-refractivity contribution in [1.29, 1.82) is 5.26 Å². The summed E-state index contributed by atoms with van der Waals surface area (Å²) in [7, 11) is 0. The number of nitrogens with one attached hydrogen (secondary N) is 1. The van der Waals surface area contributed by atoms with Crippen molar-refractivity contribution in [3.8, 4) is 6.07 Å². The van der Waals surface area contributed by atoms with E-state index in [1.54, 1.807) is 0 Å². The van der Waals surface area contributed by atoms with E-state index in [4.69, 9.17) is 4.74 Å². The highest BCUT2D eigenvalue weighted by molar-refractivity contribution is 5.61. The molecule has 23 heavy (non-hydrogen) atoms. The maximum absolute atomic E-state index is 9.42. The summed E-state index contributed by atoms with van der Waals surface area (Å²) in [5.74, 6) is 1.63. The van der Waals surface area contributed by atoms with Crippen molar-refractivity contribution >= 4 is 11.6 Å². The predicted octanol–water partition coefficient (Wildman–Crippen LogP) is 1.85. The molecule has 2 rings (SSSR count). The number of anilines is 2.